The van der Waals surface area contributed by atoms with Crippen molar-refractivity contribution in [1.82, 2.24) is 30.5 Å². The Hall–Kier alpha value is -4.45. The fraction of sp³-hybridized carbons (Fsp3) is 0.455. The molecule has 2 aliphatic rings. The molecule has 2 saturated heterocycles. The van der Waals surface area contributed by atoms with Crippen LogP contribution in [0, 0.1) is 5.82 Å². The number of hydrazine groups is 1. The minimum Gasteiger partial charge on any atom is -0.445 e. The van der Waals surface area contributed by atoms with Gasteiger partial charge in [0.05, 0.1) is 13.1 Å². The largest absolute Gasteiger partial charge is 0.445 e. The summed E-state index contributed by atoms with van der Waals surface area (Å²) in [5.74, 6) is -0.760. The molecule has 0 radical (unpaired) electrons. The second-order valence-electron chi connectivity index (χ2n) is 11.0. The van der Waals surface area contributed by atoms with E-state index in [1.165, 1.54) is 17.7 Å². The summed E-state index contributed by atoms with van der Waals surface area (Å²) in [6, 6.07) is 14.7. The molecule has 242 valence electrons. The van der Waals surface area contributed by atoms with E-state index in [0.29, 0.717) is 25.9 Å². The monoisotopic (exact) mass is 622 g/mol. The second kappa shape index (κ2) is 16.6. The molecule has 11 nitrogen and oxygen atoms in total. The van der Waals surface area contributed by atoms with Gasteiger partial charge in [-0.05, 0) is 55.9 Å². The summed E-state index contributed by atoms with van der Waals surface area (Å²) in [5.41, 5.74) is 1.90. The lowest BCUT2D eigenvalue weighted by atomic mass is 10.0. The van der Waals surface area contributed by atoms with Gasteiger partial charge in [-0.3, -0.25) is 9.59 Å². The first-order chi connectivity index (χ1) is 21.8. The van der Waals surface area contributed by atoms with Crippen LogP contribution >= 0.6 is 0 Å². The summed E-state index contributed by atoms with van der Waals surface area (Å²) in [5, 5.41) is 8.84. The summed E-state index contributed by atoms with van der Waals surface area (Å²) in [6.45, 7) is 5.30. The van der Waals surface area contributed by atoms with E-state index in [4.69, 9.17) is 4.74 Å². The molecule has 0 unspecified atom stereocenters. The van der Waals surface area contributed by atoms with Crippen molar-refractivity contribution >= 4 is 23.9 Å². The topological polar surface area (TPSA) is 115 Å². The van der Waals surface area contributed by atoms with Crippen molar-refractivity contribution in [2.24, 2.45) is 0 Å². The Morgan fingerprint density at radius 1 is 1.02 bits per heavy atom. The molecule has 0 spiro atoms. The van der Waals surface area contributed by atoms with Crippen LogP contribution in [0.25, 0.3) is 0 Å². The quantitative estimate of drug-likeness (QED) is 0.260. The second-order valence-corrected chi connectivity index (χ2v) is 11.0. The maximum Gasteiger partial charge on any atom is 0.407 e. The van der Waals surface area contributed by atoms with Crippen molar-refractivity contribution in [3.05, 3.63) is 83.7 Å². The summed E-state index contributed by atoms with van der Waals surface area (Å²) < 4.78 is 18.5. The third-order valence-corrected chi connectivity index (χ3v) is 7.97. The van der Waals surface area contributed by atoms with E-state index in [1.54, 1.807) is 44.1 Å². The molecule has 2 aliphatic heterocycles. The zero-order chi connectivity index (χ0) is 32.2. The van der Waals surface area contributed by atoms with E-state index >= 15 is 0 Å². The predicted molar refractivity (Wildman–Crippen MR) is 167 cm³/mol. The number of hydrogen-bond acceptors (Lipinski definition) is 6. The van der Waals surface area contributed by atoms with Crippen LogP contribution in [-0.2, 0) is 27.3 Å². The Morgan fingerprint density at radius 3 is 2.49 bits per heavy atom. The number of aryl methyl sites for hydroxylation is 1. The number of carbonyl (C=O) groups excluding carboxylic acids is 4. The average Bonchev–Trinajstić information content (AvgIpc) is 3.04. The Labute approximate surface area is 263 Å². The Balaban J connectivity index is 1.50. The number of nitrogens with zero attached hydrogens (tertiary/aromatic N) is 4. The van der Waals surface area contributed by atoms with Gasteiger partial charge < -0.3 is 25.2 Å². The highest BCUT2D eigenvalue weighted by Gasteiger charge is 2.50. The van der Waals surface area contributed by atoms with E-state index in [0.717, 1.165) is 18.4 Å². The maximum atomic E-state index is 13.9. The van der Waals surface area contributed by atoms with Crippen LogP contribution < -0.4 is 10.6 Å². The van der Waals surface area contributed by atoms with E-state index in [1.807, 2.05) is 44.2 Å². The third kappa shape index (κ3) is 9.04. The van der Waals surface area contributed by atoms with Crippen molar-refractivity contribution in [2.45, 2.75) is 58.3 Å². The highest BCUT2D eigenvalue weighted by Crippen LogP contribution is 2.28. The standard InChI is InChI=1S/C33H43FN6O5/c1-3-5-21-45-33(44)35-19-9-14-28-31(42)37(20-10-13-25-11-7-6-8-12-25)23-29-39(28)30(41)24-38(4-2)40(29)32(43)36-22-26-15-17-27(34)18-16-26/h3,5-8,11-12,15-18,28-29H,4,9-10,13-14,19-24H2,1-2H3,(H,35,44)(H,36,43)/b5-3+/t28-,29-/m0/s1. The van der Waals surface area contributed by atoms with E-state index in [-0.39, 0.29) is 50.4 Å². The molecule has 2 aromatic carbocycles. The van der Waals surface area contributed by atoms with Gasteiger partial charge in [0.15, 0.2) is 0 Å². The van der Waals surface area contributed by atoms with Gasteiger partial charge in [-0.15, -0.1) is 0 Å². The first kappa shape index (κ1) is 33.4. The summed E-state index contributed by atoms with van der Waals surface area (Å²) >= 11 is 0. The van der Waals surface area contributed by atoms with Crippen molar-refractivity contribution < 1.29 is 28.3 Å². The number of allylic oxidation sites excluding steroid dienone is 1. The van der Waals surface area contributed by atoms with E-state index in [2.05, 4.69) is 10.6 Å². The first-order valence-electron chi connectivity index (χ1n) is 15.5. The number of carbonyl (C=O) groups is 4. The van der Waals surface area contributed by atoms with Crippen LogP contribution in [0.5, 0.6) is 0 Å². The lowest BCUT2D eigenvalue weighted by Gasteiger charge is -2.55. The average molecular weight is 623 g/mol. The SMILES string of the molecule is C/C=C/COC(=O)NCCC[C@H]1C(=O)N(CCCc2ccccc2)C[C@H]2N1C(=O)CN(CC)N2C(=O)NCc1ccc(F)cc1. The van der Waals surface area contributed by atoms with Gasteiger partial charge >= 0.3 is 12.1 Å². The van der Waals surface area contributed by atoms with Gasteiger partial charge in [0.1, 0.15) is 24.6 Å². The minimum absolute atomic E-state index is 0.0513. The highest BCUT2D eigenvalue weighted by atomic mass is 19.1. The summed E-state index contributed by atoms with van der Waals surface area (Å²) in [7, 11) is 0. The molecule has 45 heavy (non-hydrogen) atoms. The molecular weight excluding hydrogens is 579 g/mol. The van der Waals surface area contributed by atoms with Gasteiger partial charge in [0.2, 0.25) is 11.8 Å². The fourth-order valence-electron chi connectivity index (χ4n) is 5.68. The fourth-order valence-corrected chi connectivity index (χ4v) is 5.68. The molecule has 4 rings (SSSR count). The molecule has 12 heteroatoms. The minimum atomic E-state index is -0.791. The van der Waals surface area contributed by atoms with Gasteiger partial charge in [-0.2, -0.15) is 0 Å². The Kier molecular flexibility index (Phi) is 12.3. The van der Waals surface area contributed by atoms with E-state index < -0.39 is 24.3 Å². The molecule has 2 fully saturated rings. The van der Waals surface area contributed by atoms with Gasteiger partial charge in [-0.25, -0.2) is 24.0 Å². The van der Waals surface area contributed by atoms with Crippen molar-refractivity contribution in [1.29, 1.82) is 0 Å². The zero-order valence-corrected chi connectivity index (χ0v) is 26.0. The predicted octanol–water partition coefficient (Wildman–Crippen LogP) is 3.67. The van der Waals surface area contributed by atoms with Gasteiger partial charge in [-0.1, -0.05) is 61.5 Å². The van der Waals surface area contributed by atoms with Crippen LogP contribution in [0.15, 0.2) is 66.7 Å². The number of rotatable bonds is 13. The summed E-state index contributed by atoms with van der Waals surface area (Å²) in [6.07, 6.45) is 4.47. The van der Waals surface area contributed by atoms with Crippen LogP contribution in [0.3, 0.4) is 0 Å². The third-order valence-electron chi connectivity index (χ3n) is 7.97. The maximum absolute atomic E-state index is 13.9. The molecular formula is C33H43FN6O5. The number of amides is 5. The number of halogens is 1. The van der Waals surface area contributed by atoms with Crippen molar-refractivity contribution in [3.63, 3.8) is 0 Å². The molecule has 0 aliphatic carbocycles. The smallest absolute Gasteiger partial charge is 0.407 e. The number of piperazine rings is 1. The lowest BCUT2D eigenvalue weighted by molar-refractivity contribution is -0.190. The molecule has 2 atom stereocenters. The zero-order valence-electron chi connectivity index (χ0n) is 26.0. The van der Waals surface area contributed by atoms with Crippen LogP contribution in [-0.4, -0.2) is 95.3 Å². The number of fused-ring (bicyclic) bond motifs is 1. The number of benzene rings is 2. The molecule has 2 aromatic rings. The molecule has 2 heterocycles. The molecule has 5 amide bonds. The molecule has 0 aromatic heterocycles. The number of urea groups is 1. The molecule has 0 saturated carbocycles. The number of likely N-dealkylation sites (N-methyl/N-ethyl adjacent to an activating group) is 1. The van der Waals surface area contributed by atoms with Gasteiger partial charge in [0.25, 0.3) is 0 Å². The molecule has 2 N–H and O–H groups in total. The van der Waals surface area contributed by atoms with Crippen molar-refractivity contribution in [3.8, 4) is 0 Å². The van der Waals surface area contributed by atoms with Crippen LogP contribution in [0.1, 0.15) is 44.2 Å². The van der Waals surface area contributed by atoms with E-state index in [9.17, 15) is 23.6 Å². The number of alkyl carbamates (subject to hydrolysis) is 1. The van der Waals surface area contributed by atoms with Gasteiger partial charge in [0, 0.05) is 26.2 Å². The normalized spacial score (nSPS) is 18.7. The van der Waals surface area contributed by atoms with Crippen LogP contribution in [0.2, 0.25) is 0 Å². The Morgan fingerprint density at radius 2 is 1.78 bits per heavy atom. The van der Waals surface area contributed by atoms with Crippen molar-refractivity contribution in [2.75, 3.05) is 39.3 Å². The number of hydrogen-bond donors (Lipinski definition) is 2. The summed E-state index contributed by atoms with van der Waals surface area (Å²) in [4.78, 5) is 56.4. The molecule has 0 bridgehead atoms. The lowest BCUT2D eigenvalue weighted by Crippen LogP contribution is -2.76. The Bertz CT molecular complexity index is 1320. The highest BCUT2D eigenvalue weighted by molar-refractivity contribution is 5.91. The number of ether oxygens (including phenoxy) is 1. The number of nitrogens with one attached hydrogen (secondary N) is 2. The van der Waals surface area contributed by atoms with Crippen LogP contribution in [0.4, 0.5) is 14.0 Å². The first-order valence-corrected chi connectivity index (χ1v) is 15.5.